The van der Waals surface area contributed by atoms with Crippen LogP contribution in [0.15, 0.2) is 60.8 Å². The second-order valence-corrected chi connectivity index (χ2v) is 5.67. The molecule has 132 valence electrons. The third-order valence-electron chi connectivity index (χ3n) is 3.66. The third-order valence-corrected chi connectivity index (χ3v) is 3.66. The Morgan fingerprint density at radius 1 is 1.04 bits per heavy atom. The van der Waals surface area contributed by atoms with Crippen molar-refractivity contribution in [2.75, 3.05) is 10.6 Å². The first kappa shape index (κ1) is 17.8. The summed E-state index contributed by atoms with van der Waals surface area (Å²) >= 11 is 0. The summed E-state index contributed by atoms with van der Waals surface area (Å²) < 4.78 is 0. The topological polar surface area (TPSA) is 108 Å². The van der Waals surface area contributed by atoms with E-state index in [9.17, 15) is 9.59 Å². The van der Waals surface area contributed by atoms with Crippen molar-refractivity contribution in [3.63, 3.8) is 0 Å². The zero-order valence-corrected chi connectivity index (χ0v) is 14.4. The molecule has 7 nitrogen and oxygen atoms in total. The van der Waals surface area contributed by atoms with E-state index in [-0.39, 0.29) is 17.4 Å². The highest BCUT2D eigenvalue weighted by atomic mass is 16.2. The fourth-order valence-electron chi connectivity index (χ4n) is 2.35. The largest absolute Gasteiger partial charge is 0.324 e. The average molecular weight is 357 g/mol. The molecule has 0 unspecified atom stereocenters. The lowest BCUT2D eigenvalue weighted by molar-refractivity contribution is 0.101. The van der Waals surface area contributed by atoms with Gasteiger partial charge in [-0.25, -0.2) is 9.97 Å². The number of nitrogens with one attached hydrogen (secondary N) is 2. The van der Waals surface area contributed by atoms with Gasteiger partial charge in [-0.1, -0.05) is 18.2 Å². The SMILES string of the molecule is CC(=O)c1cccc(Nc2nccc(C(=O)Nc3cccc(C#N)c3)n2)c1. The van der Waals surface area contributed by atoms with E-state index in [1.807, 2.05) is 6.07 Å². The number of aromatic nitrogens is 2. The molecule has 7 heteroatoms. The lowest BCUT2D eigenvalue weighted by Crippen LogP contribution is -2.14. The van der Waals surface area contributed by atoms with Gasteiger partial charge >= 0.3 is 0 Å². The number of Topliss-reactive ketones (excluding diaryl/α,β-unsaturated/α-hetero) is 1. The molecule has 0 saturated carbocycles. The number of nitriles is 1. The summed E-state index contributed by atoms with van der Waals surface area (Å²) in [4.78, 5) is 32.2. The molecule has 0 aliphatic rings. The smallest absolute Gasteiger partial charge is 0.274 e. The minimum Gasteiger partial charge on any atom is -0.324 e. The van der Waals surface area contributed by atoms with E-state index in [0.29, 0.717) is 22.5 Å². The number of hydrogen-bond donors (Lipinski definition) is 2. The van der Waals surface area contributed by atoms with E-state index in [1.54, 1.807) is 48.5 Å². The molecular formula is C20H15N5O2. The average Bonchev–Trinajstić information content (AvgIpc) is 2.68. The normalized spacial score (nSPS) is 9.93. The molecule has 0 saturated heterocycles. The fourth-order valence-corrected chi connectivity index (χ4v) is 2.35. The molecule has 1 aromatic heterocycles. The molecule has 1 amide bonds. The van der Waals surface area contributed by atoms with Crippen LogP contribution in [0.25, 0.3) is 0 Å². The highest BCUT2D eigenvalue weighted by Gasteiger charge is 2.10. The predicted octanol–water partition coefficient (Wildman–Crippen LogP) is 3.55. The van der Waals surface area contributed by atoms with Crippen molar-refractivity contribution in [2.45, 2.75) is 6.92 Å². The molecule has 3 aromatic rings. The van der Waals surface area contributed by atoms with Gasteiger partial charge in [0.1, 0.15) is 5.69 Å². The fraction of sp³-hybridized carbons (Fsp3) is 0.0500. The van der Waals surface area contributed by atoms with Crippen molar-refractivity contribution >= 4 is 29.0 Å². The van der Waals surface area contributed by atoms with Crippen molar-refractivity contribution in [1.29, 1.82) is 5.26 Å². The monoisotopic (exact) mass is 357 g/mol. The molecule has 0 aliphatic carbocycles. The van der Waals surface area contributed by atoms with Gasteiger partial charge in [0.25, 0.3) is 5.91 Å². The summed E-state index contributed by atoms with van der Waals surface area (Å²) in [5.41, 5.74) is 2.32. The Balaban J connectivity index is 1.77. The van der Waals surface area contributed by atoms with Gasteiger partial charge < -0.3 is 10.6 Å². The molecule has 2 N–H and O–H groups in total. The molecule has 0 fully saturated rings. The Bertz CT molecular complexity index is 1060. The maximum atomic E-state index is 12.4. The number of hydrogen-bond acceptors (Lipinski definition) is 6. The van der Waals surface area contributed by atoms with Gasteiger partial charge in [-0.15, -0.1) is 0 Å². The van der Waals surface area contributed by atoms with Crippen LogP contribution in [0.1, 0.15) is 33.3 Å². The molecule has 0 spiro atoms. The van der Waals surface area contributed by atoms with E-state index < -0.39 is 5.91 Å². The van der Waals surface area contributed by atoms with Crippen LogP contribution in [0.3, 0.4) is 0 Å². The lowest BCUT2D eigenvalue weighted by Gasteiger charge is -2.08. The van der Waals surface area contributed by atoms with E-state index in [2.05, 4.69) is 20.6 Å². The van der Waals surface area contributed by atoms with Crippen molar-refractivity contribution in [3.05, 3.63) is 77.6 Å². The van der Waals surface area contributed by atoms with Gasteiger partial charge in [-0.2, -0.15) is 5.26 Å². The first-order chi connectivity index (χ1) is 13.0. The van der Waals surface area contributed by atoms with Crippen LogP contribution < -0.4 is 10.6 Å². The highest BCUT2D eigenvalue weighted by Crippen LogP contribution is 2.16. The molecular weight excluding hydrogens is 342 g/mol. The van der Waals surface area contributed by atoms with E-state index >= 15 is 0 Å². The van der Waals surface area contributed by atoms with Crippen molar-refractivity contribution in [2.24, 2.45) is 0 Å². The molecule has 27 heavy (non-hydrogen) atoms. The Kier molecular flexibility index (Phi) is 5.19. The predicted molar refractivity (Wildman–Crippen MR) is 101 cm³/mol. The number of carbonyl (C=O) groups is 2. The van der Waals surface area contributed by atoms with Crippen LogP contribution in [-0.4, -0.2) is 21.7 Å². The van der Waals surface area contributed by atoms with Crippen molar-refractivity contribution < 1.29 is 9.59 Å². The number of benzene rings is 2. The van der Waals surface area contributed by atoms with Crippen LogP contribution in [0.5, 0.6) is 0 Å². The van der Waals surface area contributed by atoms with Gasteiger partial charge in [0.05, 0.1) is 11.6 Å². The zero-order valence-electron chi connectivity index (χ0n) is 14.4. The highest BCUT2D eigenvalue weighted by molar-refractivity contribution is 6.03. The summed E-state index contributed by atoms with van der Waals surface area (Å²) in [6, 6.07) is 17.0. The van der Waals surface area contributed by atoms with Gasteiger partial charge in [-0.3, -0.25) is 9.59 Å². The maximum Gasteiger partial charge on any atom is 0.274 e. The summed E-state index contributed by atoms with van der Waals surface area (Å²) in [6.45, 7) is 1.49. The maximum absolute atomic E-state index is 12.4. The summed E-state index contributed by atoms with van der Waals surface area (Å²) in [6.07, 6.45) is 1.46. The van der Waals surface area contributed by atoms with Gasteiger partial charge in [0.2, 0.25) is 5.95 Å². The van der Waals surface area contributed by atoms with E-state index in [4.69, 9.17) is 5.26 Å². The molecule has 3 rings (SSSR count). The zero-order chi connectivity index (χ0) is 19.2. The minimum absolute atomic E-state index is 0.0488. The Morgan fingerprint density at radius 3 is 2.59 bits per heavy atom. The van der Waals surface area contributed by atoms with Gasteiger partial charge in [0.15, 0.2) is 5.78 Å². The minimum atomic E-state index is -0.423. The molecule has 0 bridgehead atoms. The number of carbonyl (C=O) groups excluding carboxylic acids is 2. The van der Waals surface area contributed by atoms with Crippen LogP contribution in [0.4, 0.5) is 17.3 Å². The number of rotatable bonds is 5. The number of nitrogens with zero attached hydrogens (tertiary/aromatic N) is 3. The van der Waals surface area contributed by atoms with Crippen LogP contribution in [0.2, 0.25) is 0 Å². The van der Waals surface area contributed by atoms with Crippen molar-refractivity contribution in [3.8, 4) is 6.07 Å². The quantitative estimate of drug-likeness (QED) is 0.676. The van der Waals surface area contributed by atoms with Crippen LogP contribution in [-0.2, 0) is 0 Å². The third kappa shape index (κ3) is 4.52. The van der Waals surface area contributed by atoms with E-state index in [1.165, 1.54) is 19.2 Å². The Morgan fingerprint density at radius 2 is 1.81 bits per heavy atom. The first-order valence-corrected chi connectivity index (χ1v) is 8.08. The number of ketones is 1. The molecule has 2 aromatic carbocycles. The number of amides is 1. The van der Waals surface area contributed by atoms with Gasteiger partial charge in [0, 0.05) is 23.1 Å². The van der Waals surface area contributed by atoms with Crippen LogP contribution >= 0.6 is 0 Å². The van der Waals surface area contributed by atoms with Crippen molar-refractivity contribution in [1.82, 2.24) is 9.97 Å². The Labute approximate surface area is 155 Å². The summed E-state index contributed by atoms with van der Waals surface area (Å²) in [5, 5.41) is 14.6. The standard InChI is InChI=1S/C20H15N5O2/c1-13(26)15-5-3-7-17(11-15)24-20-22-9-8-18(25-20)19(27)23-16-6-2-4-14(10-16)12-21/h2-11H,1H3,(H,23,27)(H,22,24,25). The summed E-state index contributed by atoms with van der Waals surface area (Å²) in [7, 11) is 0. The van der Waals surface area contributed by atoms with E-state index in [0.717, 1.165) is 0 Å². The molecule has 1 heterocycles. The second kappa shape index (κ2) is 7.89. The summed E-state index contributed by atoms with van der Waals surface area (Å²) in [5.74, 6) is -0.241. The Hall–Kier alpha value is -4.05. The molecule has 0 aliphatic heterocycles. The molecule has 0 atom stereocenters. The van der Waals surface area contributed by atoms with Crippen LogP contribution in [0, 0.1) is 11.3 Å². The lowest BCUT2D eigenvalue weighted by atomic mass is 10.1. The second-order valence-electron chi connectivity index (χ2n) is 5.67. The van der Waals surface area contributed by atoms with Gasteiger partial charge in [-0.05, 0) is 43.3 Å². The molecule has 0 radical (unpaired) electrons. The number of anilines is 3. The first-order valence-electron chi connectivity index (χ1n) is 8.08.